The van der Waals surface area contributed by atoms with Crippen molar-refractivity contribution in [2.24, 2.45) is 0 Å². The van der Waals surface area contributed by atoms with Crippen molar-refractivity contribution in [3.63, 3.8) is 0 Å². The molecule has 1 aromatic rings. The molecule has 2 N–H and O–H groups in total. The third-order valence-corrected chi connectivity index (χ3v) is 4.37. The van der Waals surface area contributed by atoms with Crippen LogP contribution in [0.2, 0.25) is 0 Å². The normalized spacial score (nSPS) is 15.5. The fourth-order valence-corrected chi connectivity index (χ4v) is 2.60. The number of hydrogen-bond donors (Lipinski definition) is 2. The summed E-state index contributed by atoms with van der Waals surface area (Å²) < 4.78 is 0.786. The number of halogens is 1. The van der Waals surface area contributed by atoms with E-state index in [1.165, 1.54) is 4.90 Å². The van der Waals surface area contributed by atoms with Gasteiger partial charge in [-0.3, -0.25) is 19.4 Å². The molecule has 1 fully saturated rings. The van der Waals surface area contributed by atoms with Crippen molar-refractivity contribution in [3.05, 3.63) is 28.7 Å². The molecule has 8 heteroatoms. The molecule has 4 amide bonds. The van der Waals surface area contributed by atoms with Gasteiger partial charge >= 0.3 is 6.03 Å². The topological polar surface area (TPSA) is 81.8 Å². The van der Waals surface area contributed by atoms with E-state index in [0.29, 0.717) is 18.8 Å². The van der Waals surface area contributed by atoms with E-state index >= 15 is 0 Å². The molecule has 0 aromatic heterocycles. The lowest BCUT2D eigenvalue weighted by atomic mass is 10.2. The van der Waals surface area contributed by atoms with Crippen LogP contribution in [0.25, 0.3) is 0 Å². The number of carbonyl (C=O) groups excluding carboxylic acids is 3. The summed E-state index contributed by atoms with van der Waals surface area (Å²) >= 11 is 3.36. The summed E-state index contributed by atoms with van der Waals surface area (Å²) in [6.07, 6.45) is 0. The smallest absolute Gasteiger partial charge is 0.324 e. The van der Waals surface area contributed by atoms with Crippen molar-refractivity contribution in [1.29, 1.82) is 0 Å². The number of carbonyl (C=O) groups is 3. The SMILES string of the molecule is C[C@H](C(=O)N1CCNC1=O)N(C)CC(=O)Nc1ccccc1Br. The Morgan fingerprint density at radius 3 is 2.74 bits per heavy atom. The average molecular weight is 383 g/mol. The Hall–Kier alpha value is -1.93. The van der Waals surface area contributed by atoms with Crippen LogP contribution >= 0.6 is 15.9 Å². The van der Waals surface area contributed by atoms with Crippen LogP contribution in [0.15, 0.2) is 28.7 Å². The lowest BCUT2D eigenvalue weighted by Crippen LogP contribution is -2.48. The van der Waals surface area contributed by atoms with Gasteiger partial charge in [0, 0.05) is 17.6 Å². The molecule has 2 rings (SSSR count). The van der Waals surface area contributed by atoms with Crippen LogP contribution in [0.5, 0.6) is 0 Å². The predicted molar refractivity (Wildman–Crippen MR) is 90.0 cm³/mol. The summed E-state index contributed by atoms with van der Waals surface area (Å²) in [5, 5.41) is 5.37. The number of amides is 4. The molecule has 0 saturated carbocycles. The third-order valence-electron chi connectivity index (χ3n) is 3.68. The van der Waals surface area contributed by atoms with E-state index in [-0.39, 0.29) is 24.4 Å². The summed E-state index contributed by atoms with van der Waals surface area (Å²) in [5.74, 6) is -0.541. The van der Waals surface area contributed by atoms with Gasteiger partial charge in [0.05, 0.1) is 18.3 Å². The van der Waals surface area contributed by atoms with Crippen molar-refractivity contribution in [2.75, 3.05) is 32.0 Å². The Kier molecular flexibility index (Phi) is 5.73. The molecule has 1 heterocycles. The standard InChI is InChI=1S/C15H19BrN4O3/c1-10(14(22)20-8-7-17-15(20)23)19(2)9-13(21)18-12-6-4-3-5-11(12)16/h3-6,10H,7-9H2,1-2H3,(H,17,23)(H,18,21)/t10-/m1/s1. The first-order valence-electron chi connectivity index (χ1n) is 7.24. The minimum atomic E-state index is -0.566. The maximum Gasteiger partial charge on any atom is 0.324 e. The van der Waals surface area contributed by atoms with Gasteiger partial charge in [0.25, 0.3) is 0 Å². The van der Waals surface area contributed by atoms with E-state index in [4.69, 9.17) is 0 Å². The summed E-state index contributed by atoms with van der Waals surface area (Å²) in [6, 6.07) is 6.34. The Labute approximate surface area is 143 Å². The highest BCUT2D eigenvalue weighted by atomic mass is 79.9. The molecule has 1 aliphatic rings. The molecular weight excluding hydrogens is 364 g/mol. The monoisotopic (exact) mass is 382 g/mol. The number of hydrogen-bond acceptors (Lipinski definition) is 4. The van der Waals surface area contributed by atoms with Gasteiger partial charge in [0.2, 0.25) is 11.8 Å². The Bertz CT molecular complexity index is 622. The van der Waals surface area contributed by atoms with Gasteiger partial charge < -0.3 is 10.6 Å². The first-order valence-corrected chi connectivity index (χ1v) is 8.03. The first-order chi connectivity index (χ1) is 10.9. The second kappa shape index (κ2) is 7.56. The lowest BCUT2D eigenvalue weighted by Gasteiger charge is -2.26. The summed E-state index contributed by atoms with van der Waals surface area (Å²) in [4.78, 5) is 38.7. The molecule has 0 unspecified atom stereocenters. The second-order valence-corrected chi connectivity index (χ2v) is 6.20. The van der Waals surface area contributed by atoms with Crippen molar-refractivity contribution in [2.45, 2.75) is 13.0 Å². The summed E-state index contributed by atoms with van der Waals surface area (Å²) in [6.45, 7) is 2.55. The summed E-state index contributed by atoms with van der Waals surface area (Å²) in [7, 11) is 1.68. The molecule has 0 radical (unpaired) electrons. The molecule has 23 heavy (non-hydrogen) atoms. The molecule has 1 atom stereocenters. The molecule has 0 spiro atoms. The van der Waals surface area contributed by atoms with Crippen LogP contribution in [0.4, 0.5) is 10.5 Å². The van der Waals surface area contributed by atoms with E-state index in [1.807, 2.05) is 18.2 Å². The number of urea groups is 1. The first kappa shape index (κ1) is 17.4. The molecule has 1 saturated heterocycles. The fourth-order valence-electron chi connectivity index (χ4n) is 2.21. The lowest BCUT2D eigenvalue weighted by molar-refractivity contribution is -0.132. The van der Waals surface area contributed by atoms with Crippen LogP contribution in [-0.2, 0) is 9.59 Å². The number of likely N-dealkylation sites (N-methyl/N-ethyl adjacent to an activating group) is 1. The molecule has 124 valence electrons. The fraction of sp³-hybridized carbons (Fsp3) is 0.400. The van der Waals surface area contributed by atoms with Gasteiger partial charge in [-0.1, -0.05) is 12.1 Å². The van der Waals surface area contributed by atoms with Gasteiger partial charge in [-0.05, 0) is 42.0 Å². The van der Waals surface area contributed by atoms with Gasteiger partial charge in [-0.15, -0.1) is 0 Å². The average Bonchev–Trinajstić information content (AvgIpc) is 2.94. The van der Waals surface area contributed by atoms with Gasteiger partial charge in [0.15, 0.2) is 0 Å². The number of para-hydroxylation sites is 1. The van der Waals surface area contributed by atoms with Crippen molar-refractivity contribution >= 4 is 39.5 Å². The number of imide groups is 1. The van der Waals surface area contributed by atoms with Gasteiger partial charge in [-0.2, -0.15) is 0 Å². The van der Waals surface area contributed by atoms with E-state index in [0.717, 1.165) is 4.47 Å². The highest BCUT2D eigenvalue weighted by Gasteiger charge is 2.31. The molecule has 0 bridgehead atoms. The number of rotatable bonds is 5. The van der Waals surface area contributed by atoms with E-state index in [2.05, 4.69) is 26.6 Å². The minimum absolute atomic E-state index is 0.0453. The molecule has 1 aromatic carbocycles. The largest absolute Gasteiger partial charge is 0.336 e. The van der Waals surface area contributed by atoms with E-state index in [9.17, 15) is 14.4 Å². The van der Waals surface area contributed by atoms with Crippen molar-refractivity contribution in [1.82, 2.24) is 15.1 Å². The van der Waals surface area contributed by atoms with Crippen LogP contribution in [0, 0.1) is 0 Å². The highest BCUT2D eigenvalue weighted by Crippen LogP contribution is 2.21. The van der Waals surface area contributed by atoms with Crippen molar-refractivity contribution < 1.29 is 14.4 Å². The zero-order chi connectivity index (χ0) is 17.0. The molecule has 7 nitrogen and oxygen atoms in total. The Balaban J connectivity index is 1.91. The number of nitrogens with one attached hydrogen (secondary N) is 2. The maximum absolute atomic E-state index is 12.3. The van der Waals surface area contributed by atoms with Crippen LogP contribution in [0.1, 0.15) is 6.92 Å². The number of nitrogens with zero attached hydrogens (tertiary/aromatic N) is 2. The van der Waals surface area contributed by atoms with Crippen LogP contribution < -0.4 is 10.6 Å². The quantitative estimate of drug-likeness (QED) is 0.802. The zero-order valence-corrected chi connectivity index (χ0v) is 14.6. The number of anilines is 1. The molecule has 1 aliphatic heterocycles. The molecular formula is C15H19BrN4O3. The van der Waals surface area contributed by atoms with Crippen molar-refractivity contribution in [3.8, 4) is 0 Å². The van der Waals surface area contributed by atoms with E-state index in [1.54, 1.807) is 24.9 Å². The highest BCUT2D eigenvalue weighted by molar-refractivity contribution is 9.10. The second-order valence-electron chi connectivity index (χ2n) is 5.34. The molecule has 0 aliphatic carbocycles. The Morgan fingerprint density at radius 2 is 2.13 bits per heavy atom. The third kappa shape index (κ3) is 4.29. The summed E-state index contributed by atoms with van der Waals surface area (Å²) in [5.41, 5.74) is 0.670. The maximum atomic E-state index is 12.3. The minimum Gasteiger partial charge on any atom is -0.336 e. The Morgan fingerprint density at radius 1 is 1.43 bits per heavy atom. The van der Waals surface area contributed by atoms with Gasteiger partial charge in [0.1, 0.15) is 0 Å². The zero-order valence-electron chi connectivity index (χ0n) is 13.0. The van der Waals surface area contributed by atoms with Crippen LogP contribution in [0.3, 0.4) is 0 Å². The van der Waals surface area contributed by atoms with Crippen LogP contribution in [-0.4, -0.2) is 60.4 Å². The number of benzene rings is 1. The predicted octanol–water partition coefficient (Wildman–Crippen LogP) is 1.26. The van der Waals surface area contributed by atoms with E-state index < -0.39 is 6.04 Å². The van der Waals surface area contributed by atoms with Gasteiger partial charge in [-0.25, -0.2) is 4.79 Å².